The van der Waals surface area contributed by atoms with E-state index in [9.17, 15) is 19.1 Å². The van der Waals surface area contributed by atoms with Gasteiger partial charge in [-0.25, -0.2) is 9.18 Å². The number of ether oxygens (including phenoxy) is 2. The van der Waals surface area contributed by atoms with Crippen LogP contribution in [-0.2, 0) is 14.3 Å². The van der Waals surface area contributed by atoms with Gasteiger partial charge in [-0.15, -0.1) is 0 Å². The largest absolute Gasteiger partial charge is 0.505 e. The van der Waals surface area contributed by atoms with E-state index in [0.29, 0.717) is 17.1 Å². The summed E-state index contributed by atoms with van der Waals surface area (Å²) in [5.41, 5.74) is 7.37. The molecule has 3 rings (SSSR count). The number of carbonyl (C=O) groups excluding carboxylic acids is 2. The molecule has 9 heteroatoms. The average Bonchev–Trinajstić information content (AvgIpc) is 2.82. The molecular weight excluding hydrogens is 441 g/mol. The van der Waals surface area contributed by atoms with Crippen molar-refractivity contribution >= 4 is 29.1 Å². The Hall–Kier alpha value is -4.37. The Morgan fingerprint density at radius 3 is 2.41 bits per heavy atom. The predicted octanol–water partition coefficient (Wildman–Crippen LogP) is 4.61. The van der Waals surface area contributed by atoms with Gasteiger partial charge in [0.1, 0.15) is 6.10 Å². The molecule has 0 aromatic heterocycles. The number of methoxy groups -OCH3 is 1. The molecule has 34 heavy (non-hydrogen) atoms. The summed E-state index contributed by atoms with van der Waals surface area (Å²) in [5, 5.41) is 14.7. The molecule has 3 aromatic carbocycles. The second kappa shape index (κ2) is 11.5. The van der Waals surface area contributed by atoms with E-state index >= 15 is 0 Å². The van der Waals surface area contributed by atoms with Crippen LogP contribution in [0.25, 0.3) is 0 Å². The minimum absolute atomic E-state index is 0.211. The van der Waals surface area contributed by atoms with E-state index in [1.165, 1.54) is 25.3 Å². The fourth-order valence-corrected chi connectivity index (χ4v) is 3.08. The van der Waals surface area contributed by atoms with Crippen LogP contribution >= 0.6 is 0 Å². The third-order valence-electron chi connectivity index (χ3n) is 4.78. The van der Waals surface area contributed by atoms with E-state index in [1.54, 1.807) is 54.6 Å². The summed E-state index contributed by atoms with van der Waals surface area (Å²) >= 11 is 0. The molecule has 2 amide bonds. The van der Waals surface area contributed by atoms with Crippen LogP contribution in [0.2, 0.25) is 0 Å². The lowest BCUT2D eigenvalue weighted by Gasteiger charge is -2.24. The molecule has 0 radical (unpaired) electrons. The lowest BCUT2D eigenvalue weighted by atomic mass is 10.0. The third kappa shape index (κ3) is 6.57. The summed E-state index contributed by atoms with van der Waals surface area (Å²) in [6.45, 7) is 0. The highest BCUT2D eigenvalue weighted by Gasteiger charge is 2.27. The number of carbonyl (C=O) groups is 2. The number of nitrogens with one attached hydrogen (secondary N) is 2. The number of benzene rings is 3. The third-order valence-corrected chi connectivity index (χ3v) is 4.78. The SMILES string of the molecule is CO[C@@H](/C=C/C(=O)Nc1ccccc1N)[C@@H](OC(=O)Nc1ccccc1)c1ccc(O)c(F)c1. The maximum Gasteiger partial charge on any atom is 0.412 e. The highest BCUT2D eigenvalue weighted by Crippen LogP contribution is 2.28. The van der Waals surface area contributed by atoms with E-state index in [4.69, 9.17) is 15.2 Å². The second-order valence-electron chi connectivity index (χ2n) is 7.16. The standard InChI is InChI=1S/C25H24FN3O5/c1-33-22(13-14-23(31)29-20-10-6-5-9-19(20)27)24(16-11-12-21(30)18(26)15-16)34-25(32)28-17-7-3-2-4-8-17/h2-15,22,24,30H,27H2,1H3,(H,28,32)(H,29,31)/b14-13+/t22-,24-/m0/s1. The molecular formula is C25H24FN3O5. The molecule has 8 nitrogen and oxygen atoms in total. The van der Waals surface area contributed by atoms with Crippen molar-refractivity contribution in [2.75, 3.05) is 23.5 Å². The van der Waals surface area contributed by atoms with Gasteiger partial charge in [-0.05, 0) is 48.0 Å². The van der Waals surface area contributed by atoms with Crippen molar-refractivity contribution in [1.29, 1.82) is 0 Å². The van der Waals surface area contributed by atoms with Gasteiger partial charge >= 0.3 is 6.09 Å². The molecule has 0 heterocycles. The second-order valence-corrected chi connectivity index (χ2v) is 7.16. The molecule has 0 aliphatic rings. The monoisotopic (exact) mass is 465 g/mol. The van der Waals surface area contributed by atoms with Gasteiger partial charge in [0.25, 0.3) is 0 Å². The number of rotatable bonds is 8. The first-order valence-electron chi connectivity index (χ1n) is 10.2. The molecule has 5 N–H and O–H groups in total. The van der Waals surface area contributed by atoms with Crippen molar-refractivity contribution in [1.82, 2.24) is 0 Å². The lowest BCUT2D eigenvalue weighted by molar-refractivity contribution is -0.112. The topological polar surface area (TPSA) is 123 Å². The summed E-state index contributed by atoms with van der Waals surface area (Å²) in [6, 6.07) is 18.9. The molecule has 0 bridgehead atoms. The number of phenolic OH excluding ortho intramolecular Hbond substituents is 1. The number of phenols is 1. The number of hydrogen-bond donors (Lipinski definition) is 4. The van der Waals surface area contributed by atoms with Crippen molar-refractivity contribution in [3.63, 3.8) is 0 Å². The Morgan fingerprint density at radius 2 is 1.74 bits per heavy atom. The van der Waals surface area contributed by atoms with Gasteiger partial charge in [0.2, 0.25) is 5.91 Å². The van der Waals surface area contributed by atoms with Crippen molar-refractivity contribution in [3.8, 4) is 5.75 Å². The maximum atomic E-state index is 14.0. The summed E-state index contributed by atoms with van der Waals surface area (Å²) in [5.74, 6) is -1.95. The highest BCUT2D eigenvalue weighted by molar-refractivity contribution is 6.01. The number of anilines is 3. The number of para-hydroxylation sites is 3. The van der Waals surface area contributed by atoms with Gasteiger partial charge in [0.05, 0.1) is 11.4 Å². The van der Waals surface area contributed by atoms with Gasteiger partial charge in [-0.2, -0.15) is 0 Å². The molecule has 0 spiro atoms. The molecule has 0 aliphatic carbocycles. The van der Waals surface area contributed by atoms with Crippen molar-refractivity contribution in [3.05, 3.63) is 96.3 Å². The summed E-state index contributed by atoms with van der Waals surface area (Å²) in [7, 11) is 1.35. The Balaban J connectivity index is 1.81. The quantitative estimate of drug-likeness (QED) is 0.285. The molecule has 0 fully saturated rings. The Kier molecular flexibility index (Phi) is 8.20. The van der Waals surface area contributed by atoms with E-state index in [-0.39, 0.29) is 5.56 Å². The zero-order valence-electron chi connectivity index (χ0n) is 18.3. The van der Waals surface area contributed by atoms with E-state index < -0.39 is 35.8 Å². The first-order chi connectivity index (χ1) is 16.4. The normalized spacial score (nSPS) is 12.6. The molecule has 0 unspecified atom stereocenters. The number of hydrogen-bond acceptors (Lipinski definition) is 6. The summed E-state index contributed by atoms with van der Waals surface area (Å²) in [4.78, 5) is 24.9. The fraction of sp³-hybridized carbons (Fsp3) is 0.120. The van der Waals surface area contributed by atoms with Crippen molar-refractivity contribution in [2.24, 2.45) is 0 Å². The van der Waals surface area contributed by atoms with Gasteiger partial charge in [0, 0.05) is 18.9 Å². The number of halogens is 1. The zero-order valence-corrected chi connectivity index (χ0v) is 18.3. The van der Waals surface area contributed by atoms with Crippen LogP contribution in [0.1, 0.15) is 11.7 Å². The van der Waals surface area contributed by atoms with Crippen LogP contribution in [-0.4, -0.2) is 30.3 Å². The first kappa shape index (κ1) is 24.3. The van der Waals surface area contributed by atoms with E-state index in [0.717, 1.165) is 12.1 Å². The average molecular weight is 465 g/mol. The Bertz CT molecular complexity index is 1170. The number of amides is 2. The molecule has 3 aromatic rings. The summed E-state index contributed by atoms with van der Waals surface area (Å²) in [6.07, 6.45) is -0.358. The highest BCUT2D eigenvalue weighted by atomic mass is 19.1. The van der Waals surface area contributed by atoms with Gasteiger partial charge < -0.3 is 25.6 Å². The van der Waals surface area contributed by atoms with E-state index in [1.807, 2.05) is 0 Å². The predicted molar refractivity (Wildman–Crippen MR) is 127 cm³/mol. The van der Waals surface area contributed by atoms with Crippen molar-refractivity contribution in [2.45, 2.75) is 12.2 Å². The number of aromatic hydroxyl groups is 1. The zero-order chi connectivity index (χ0) is 24.5. The molecule has 176 valence electrons. The molecule has 0 aliphatic heterocycles. The molecule has 2 atom stereocenters. The first-order valence-corrected chi connectivity index (χ1v) is 10.2. The van der Waals surface area contributed by atoms with Crippen LogP contribution < -0.4 is 16.4 Å². The smallest absolute Gasteiger partial charge is 0.412 e. The summed E-state index contributed by atoms with van der Waals surface area (Å²) < 4.78 is 25.0. The van der Waals surface area contributed by atoms with Gasteiger partial charge in [-0.3, -0.25) is 10.1 Å². The lowest BCUT2D eigenvalue weighted by Crippen LogP contribution is -2.27. The fourth-order valence-electron chi connectivity index (χ4n) is 3.08. The Labute approximate surface area is 195 Å². The number of nitrogen functional groups attached to an aromatic ring is 1. The van der Waals surface area contributed by atoms with Crippen molar-refractivity contribution < 1.29 is 28.6 Å². The van der Waals surface area contributed by atoms with Gasteiger partial charge in [0.15, 0.2) is 17.7 Å². The van der Waals surface area contributed by atoms with Crippen LogP contribution in [0.4, 0.5) is 26.2 Å². The molecule has 0 saturated heterocycles. The molecule has 0 saturated carbocycles. The van der Waals surface area contributed by atoms with Crippen LogP contribution in [0.15, 0.2) is 84.9 Å². The minimum atomic E-state index is -1.14. The van der Waals surface area contributed by atoms with Gasteiger partial charge in [-0.1, -0.05) is 36.4 Å². The minimum Gasteiger partial charge on any atom is -0.505 e. The van der Waals surface area contributed by atoms with Crippen LogP contribution in [0, 0.1) is 5.82 Å². The van der Waals surface area contributed by atoms with E-state index in [2.05, 4.69) is 10.6 Å². The Morgan fingerprint density at radius 1 is 1.03 bits per heavy atom. The van der Waals surface area contributed by atoms with Crippen LogP contribution in [0.3, 0.4) is 0 Å². The van der Waals surface area contributed by atoms with Crippen LogP contribution in [0.5, 0.6) is 5.75 Å². The number of nitrogens with two attached hydrogens (primary N) is 1. The maximum absolute atomic E-state index is 14.0.